The molecule has 0 atom stereocenters. The van der Waals surface area contributed by atoms with Gasteiger partial charge in [-0.1, -0.05) is 52.0 Å². The minimum atomic E-state index is -0.484. The third-order valence-electron chi connectivity index (χ3n) is 4.50. The van der Waals surface area contributed by atoms with E-state index in [-0.39, 0.29) is 18.2 Å². The Balaban J connectivity index is 1.64. The molecule has 3 rings (SSSR count). The van der Waals surface area contributed by atoms with Gasteiger partial charge < -0.3 is 5.32 Å². The van der Waals surface area contributed by atoms with Gasteiger partial charge in [0.2, 0.25) is 11.7 Å². The van der Waals surface area contributed by atoms with Crippen LogP contribution in [0.1, 0.15) is 43.6 Å². The number of tetrazole rings is 1. The molecular formula is C22H25N5O2. The predicted molar refractivity (Wildman–Crippen MR) is 111 cm³/mol. The summed E-state index contributed by atoms with van der Waals surface area (Å²) in [6.07, 6.45) is 0.966. The molecule has 150 valence electrons. The van der Waals surface area contributed by atoms with E-state index in [4.69, 9.17) is 0 Å². The molecule has 2 aromatic carbocycles. The third kappa shape index (κ3) is 5.13. The van der Waals surface area contributed by atoms with E-state index in [0.29, 0.717) is 17.1 Å². The van der Waals surface area contributed by atoms with E-state index in [1.807, 2.05) is 45.0 Å². The molecule has 0 aliphatic carbocycles. The van der Waals surface area contributed by atoms with E-state index >= 15 is 0 Å². The number of ketones is 1. The Kier molecular flexibility index (Phi) is 5.87. The number of carbonyl (C=O) groups excluding carboxylic acids is 2. The third-order valence-corrected chi connectivity index (χ3v) is 4.50. The van der Waals surface area contributed by atoms with Crippen molar-refractivity contribution in [2.75, 3.05) is 5.32 Å². The molecule has 7 heteroatoms. The summed E-state index contributed by atoms with van der Waals surface area (Å²) in [6, 6.07) is 14.8. The number of carbonyl (C=O) groups is 2. The van der Waals surface area contributed by atoms with Crippen LogP contribution in [-0.4, -0.2) is 31.9 Å². The van der Waals surface area contributed by atoms with Crippen LogP contribution >= 0.6 is 0 Å². The fourth-order valence-electron chi connectivity index (χ4n) is 2.59. The van der Waals surface area contributed by atoms with Gasteiger partial charge in [-0.2, -0.15) is 4.80 Å². The summed E-state index contributed by atoms with van der Waals surface area (Å²) in [5, 5.41) is 15.2. The van der Waals surface area contributed by atoms with Gasteiger partial charge in [0, 0.05) is 22.2 Å². The molecular weight excluding hydrogens is 366 g/mol. The highest BCUT2D eigenvalue weighted by Crippen LogP contribution is 2.18. The average molecular weight is 391 g/mol. The number of aromatic nitrogens is 4. The number of aryl methyl sites for hydroxylation is 1. The van der Waals surface area contributed by atoms with Crippen LogP contribution in [0.3, 0.4) is 0 Å². The van der Waals surface area contributed by atoms with E-state index in [0.717, 1.165) is 12.0 Å². The van der Waals surface area contributed by atoms with Crippen molar-refractivity contribution in [3.8, 4) is 11.4 Å². The Morgan fingerprint density at radius 2 is 1.66 bits per heavy atom. The molecule has 1 N–H and O–H groups in total. The first-order chi connectivity index (χ1) is 13.8. The Bertz CT molecular complexity index is 999. The minimum Gasteiger partial charge on any atom is -0.326 e. The van der Waals surface area contributed by atoms with Gasteiger partial charge >= 0.3 is 0 Å². The van der Waals surface area contributed by atoms with E-state index < -0.39 is 5.41 Å². The van der Waals surface area contributed by atoms with Gasteiger partial charge in [-0.15, -0.1) is 10.2 Å². The number of anilines is 1. The number of hydrogen-bond donors (Lipinski definition) is 1. The summed E-state index contributed by atoms with van der Waals surface area (Å²) in [5.74, 6) is 0.271. The standard InChI is InChI=1S/C22H25N5O2/c1-5-15-6-8-17(9-7-15)20-24-26-27(25-20)14-19(28)16-10-12-18(13-11-16)23-21(29)22(2,3)4/h6-13H,5,14H2,1-4H3,(H,23,29). The summed E-state index contributed by atoms with van der Waals surface area (Å²) in [7, 11) is 0. The summed E-state index contributed by atoms with van der Waals surface area (Å²) in [4.78, 5) is 25.9. The van der Waals surface area contributed by atoms with Crippen molar-refractivity contribution in [1.29, 1.82) is 0 Å². The van der Waals surface area contributed by atoms with Gasteiger partial charge in [-0.25, -0.2) is 0 Å². The van der Waals surface area contributed by atoms with Gasteiger partial charge in [-0.3, -0.25) is 9.59 Å². The van der Waals surface area contributed by atoms with Crippen LogP contribution < -0.4 is 5.32 Å². The average Bonchev–Trinajstić information content (AvgIpc) is 3.16. The second-order valence-corrected chi connectivity index (χ2v) is 7.90. The molecule has 0 saturated heterocycles. The molecule has 0 saturated carbocycles. The van der Waals surface area contributed by atoms with Gasteiger partial charge in [0.1, 0.15) is 6.54 Å². The maximum atomic E-state index is 12.5. The molecule has 1 amide bonds. The first kappa shape index (κ1) is 20.4. The van der Waals surface area contributed by atoms with Gasteiger partial charge in [0.25, 0.3) is 0 Å². The highest BCUT2D eigenvalue weighted by Gasteiger charge is 2.21. The largest absolute Gasteiger partial charge is 0.326 e. The number of benzene rings is 2. The Hall–Kier alpha value is -3.35. The summed E-state index contributed by atoms with van der Waals surface area (Å²) in [6.45, 7) is 7.63. The molecule has 0 unspecified atom stereocenters. The monoisotopic (exact) mass is 391 g/mol. The molecule has 0 fully saturated rings. The van der Waals surface area contributed by atoms with Crippen molar-refractivity contribution in [2.24, 2.45) is 5.41 Å². The number of hydrogen-bond acceptors (Lipinski definition) is 5. The predicted octanol–water partition coefficient (Wildman–Crippen LogP) is 3.77. The fourth-order valence-corrected chi connectivity index (χ4v) is 2.59. The van der Waals surface area contributed by atoms with E-state index in [1.54, 1.807) is 24.3 Å². The highest BCUT2D eigenvalue weighted by atomic mass is 16.2. The van der Waals surface area contributed by atoms with Crippen LogP contribution in [0.2, 0.25) is 0 Å². The van der Waals surface area contributed by atoms with Crippen LogP contribution in [0.5, 0.6) is 0 Å². The van der Waals surface area contributed by atoms with Crippen molar-refractivity contribution in [2.45, 2.75) is 40.7 Å². The maximum Gasteiger partial charge on any atom is 0.229 e. The summed E-state index contributed by atoms with van der Waals surface area (Å²) >= 11 is 0. The van der Waals surface area contributed by atoms with Crippen molar-refractivity contribution in [3.05, 3.63) is 59.7 Å². The SMILES string of the molecule is CCc1ccc(-c2nnn(CC(=O)c3ccc(NC(=O)C(C)(C)C)cc3)n2)cc1. The highest BCUT2D eigenvalue weighted by molar-refractivity contribution is 5.97. The smallest absolute Gasteiger partial charge is 0.229 e. The van der Waals surface area contributed by atoms with Crippen molar-refractivity contribution >= 4 is 17.4 Å². The molecule has 29 heavy (non-hydrogen) atoms. The molecule has 0 radical (unpaired) electrons. The fraction of sp³-hybridized carbons (Fsp3) is 0.318. The Labute approximate surface area is 170 Å². The molecule has 0 aliphatic rings. The zero-order chi connectivity index (χ0) is 21.0. The minimum absolute atomic E-state index is 0.00621. The first-order valence-electron chi connectivity index (χ1n) is 9.58. The van der Waals surface area contributed by atoms with Crippen LogP contribution in [0.4, 0.5) is 5.69 Å². The van der Waals surface area contributed by atoms with Crippen molar-refractivity contribution in [1.82, 2.24) is 20.2 Å². The number of Topliss-reactive ketones (excluding diaryl/α,β-unsaturated/α-hetero) is 1. The molecule has 0 spiro atoms. The van der Waals surface area contributed by atoms with E-state index in [2.05, 4.69) is 27.7 Å². The van der Waals surface area contributed by atoms with Gasteiger partial charge in [0.05, 0.1) is 0 Å². The van der Waals surface area contributed by atoms with E-state index in [1.165, 1.54) is 10.4 Å². The number of rotatable bonds is 6. The van der Waals surface area contributed by atoms with Gasteiger partial charge in [-0.05, 0) is 41.5 Å². The Morgan fingerprint density at radius 3 is 2.24 bits per heavy atom. The van der Waals surface area contributed by atoms with Gasteiger partial charge in [0.15, 0.2) is 5.78 Å². The second kappa shape index (κ2) is 8.34. The summed E-state index contributed by atoms with van der Waals surface area (Å²) in [5.41, 5.74) is 2.78. The molecule has 0 bridgehead atoms. The Morgan fingerprint density at radius 1 is 1.00 bits per heavy atom. The zero-order valence-corrected chi connectivity index (χ0v) is 17.1. The van der Waals surface area contributed by atoms with E-state index in [9.17, 15) is 9.59 Å². The lowest BCUT2D eigenvalue weighted by atomic mass is 9.95. The maximum absolute atomic E-state index is 12.5. The topological polar surface area (TPSA) is 89.8 Å². The molecule has 1 heterocycles. The summed E-state index contributed by atoms with van der Waals surface area (Å²) < 4.78 is 0. The number of nitrogens with zero attached hydrogens (tertiary/aromatic N) is 4. The second-order valence-electron chi connectivity index (χ2n) is 7.90. The number of amides is 1. The van der Waals surface area contributed by atoms with Crippen LogP contribution in [0.25, 0.3) is 11.4 Å². The van der Waals surface area contributed by atoms with Crippen LogP contribution in [0.15, 0.2) is 48.5 Å². The number of nitrogens with one attached hydrogen (secondary N) is 1. The molecule has 7 nitrogen and oxygen atoms in total. The van der Waals surface area contributed by atoms with Crippen molar-refractivity contribution < 1.29 is 9.59 Å². The lowest BCUT2D eigenvalue weighted by molar-refractivity contribution is -0.123. The normalized spacial score (nSPS) is 11.3. The molecule has 1 aromatic heterocycles. The first-order valence-corrected chi connectivity index (χ1v) is 9.58. The lowest BCUT2D eigenvalue weighted by Crippen LogP contribution is -2.27. The molecule has 0 aliphatic heterocycles. The quantitative estimate of drug-likeness (QED) is 0.646. The molecule has 3 aromatic rings. The van der Waals surface area contributed by atoms with Crippen LogP contribution in [-0.2, 0) is 17.8 Å². The van der Waals surface area contributed by atoms with Crippen molar-refractivity contribution in [3.63, 3.8) is 0 Å². The lowest BCUT2D eigenvalue weighted by Gasteiger charge is -2.17. The van der Waals surface area contributed by atoms with Crippen LogP contribution in [0, 0.1) is 5.41 Å². The zero-order valence-electron chi connectivity index (χ0n) is 17.1.